The summed E-state index contributed by atoms with van der Waals surface area (Å²) in [5.74, 6) is 1.16. The number of hydrogen-bond acceptors (Lipinski definition) is 5. The number of likely N-dealkylation sites (tertiary alicyclic amines) is 1. The van der Waals surface area contributed by atoms with E-state index in [2.05, 4.69) is 52.2 Å². The molecule has 0 aliphatic carbocycles. The predicted octanol–water partition coefficient (Wildman–Crippen LogP) is 5.77. The highest BCUT2D eigenvalue weighted by Gasteiger charge is 2.26. The normalized spacial score (nSPS) is 15.3. The van der Waals surface area contributed by atoms with Crippen molar-refractivity contribution in [3.63, 3.8) is 0 Å². The number of rotatable bonds is 5. The number of benzene rings is 2. The van der Waals surface area contributed by atoms with Crippen LogP contribution >= 0.6 is 43.5 Å². The molecule has 1 N–H and O–H groups in total. The van der Waals surface area contributed by atoms with E-state index in [1.54, 1.807) is 6.07 Å². The van der Waals surface area contributed by atoms with Crippen LogP contribution in [0.4, 0.5) is 5.69 Å². The highest BCUT2D eigenvalue weighted by atomic mass is 79.9. The fraction of sp³-hybridized carbons (Fsp3) is 0.286. The van der Waals surface area contributed by atoms with Crippen molar-refractivity contribution in [3.05, 3.63) is 62.3 Å². The molecule has 156 valence electrons. The Balaban J connectivity index is 1.29. The van der Waals surface area contributed by atoms with Crippen LogP contribution in [0.5, 0.6) is 0 Å². The van der Waals surface area contributed by atoms with Gasteiger partial charge in [-0.15, -0.1) is 0 Å². The molecule has 1 aliphatic rings. The van der Waals surface area contributed by atoms with Gasteiger partial charge in [0.1, 0.15) is 0 Å². The van der Waals surface area contributed by atoms with Crippen molar-refractivity contribution in [1.82, 2.24) is 15.0 Å². The van der Waals surface area contributed by atoms with Crippen LogP contribution in [0.15, 0.2) is 55.9 Å². The number of piperidine rings is 1. The van der Waals surface area contributed by atoms with E-state index in [9.17, 15) is 4.79 Å². The summed E-state index contributed by atoms with van der Waals surface area (Å²) in [6.45, 7) is 2.18. The molecule has 1 aliphatic heterocycles. The first-order chi connectivity index (χ1) is 14.5. The maximum Gasteiger partial charge on any atom is 0.241 e. The minimum Gasteiger partial charge on any atom is -0.338 e. The Labute approximate surface area is 196 Å². The monoisotopic (exact) mass is 552 g/mol. The molecule has 9 heteroatoms. The van der Waals surface area contributed by atoms with Gasteiger partial charge in [0.05, 0.1) is 11.6 Å². The lowest BCUT2D eigenvalue weighted by atomic mass is 9.96. The quantitative estimate of drug-likeness (QED) is 0.434. The molecule has 0 saturated carbocycles. The lowest BCUT2D eigenvalue weighted by molar-refractivity contribution is -0.121. The van der Waals surface area contributed by atoms with Crippen molar-refractivity contribution in [3.8, 4) is 11.4 Å². The Bertz CT molecular complexity index is 1050. The average Bonchev–Trinajstić information content (AvgIpc) is 3.20. The molecule has 0 unspecified atom stereocenters. The number of carbonyl (C=O) groups is 1. The van der Waals surface area contributed by atoms with Crippen molar-refractivity contribution >= 4 is 55.1 Å². The van der Waals surface area contributed by atoms with Gasteiger partial charge < -0.3 is 9.84 Å². The van der Waals surface area contributed by atoms with E-state index < -0.39 is 0 Å². The van der Waals surface area contributed by atoms with Crippen LogP contribution in [0.1, 0.15) is 18.7 Å². The maximum atomic E-state index is 12.6. The molecule has 0 bridgehead atoms. The first-order valence-electron chi connectivity index (χ1n) is 9.55. The summed E-state index contributed by atoms with van der Waals surface area (Å²) in [4.78, 5) is 19.3. The van der Waals surface area contributed by atoms with Crippen LogP contribution < -0.4 is 5.32 Å². The number of hydrogen-bond donors (Lipinski definition) is 1. The van der Waals surface area contributed by atoms with Gasteiger partial charge in [-0.05, 0) is 72.2 Å². The van der Waals surface area contributed by atoms with Gasteiger partial charge in [-0.2, -0.15) is 4.98 Å². The molecule has 0 atom stereocenters. The summed E-state index contributed by atoms with van der Waals surface area (Å²) < 4.78 is 7.20. The highest BCUT2D eigenvalue weighted by Crippen LogP contribution is 2.27. The topological polar surface area (TPSA) is 71.3 Å². The van der Waals surface area contributed by atoms with Gasteiger partial charge >= 0.3 is 0 Å². The molecular formula is C21H19Br2ClN4O2. The third-order valence-corrected chi connectivity index (χ3v) is 6.78. The smallest absolute Gasteiger partial charge is 0.241 e. The van der Waals surface area contributed by atoms with Crippen molar-refractivity contribution < 1.29 is 9.32 Å². The standard InChI is InChI=1S/C21H19Br2ClN4O2/c22-15-3-1-2-14(10-15)20-26-19(30-27-20)12-28-8-6-13(7-9-28)21(29)25-16-4-5-17(23)18(24)11-16/h1-5,10-11,13H,6-9,12H2,(H,25,29). The minimum atomic E-state index is -0.0245. The second kappa shape index (κ2) is 9.60. The first-order valence-corrected chi connectivity index (χ1v) is 11.5. The molecule has 2 heterocycles. The Morgan fingerprint density at radius 1 is 1.20 bits per heavy atom. The molecule has 0 radical (unpaired) electrons. The van der Waals surface area contributed by atoms with E-state index in [1.807, 2.05) is 36.4 Å². The van der Waals surface area contributed by atoms with E-state index in [4.69, 9.17) is 16.1 Å². The molecule has 2 aromatic carbocycles. The lowest BCUT2D eigenvalue weighted by Gasteiger charge is -2.30. The minimum absolute atomic E-state index is 0.0245. The third-order valence-electron chi connectivity index (χ3n) is 5.06. The zero-order valence-electron chi connectivity index (χ0n) is 15.9. The summed E-state index contributed by atoms with van der Waals surface area (Å²) in [7, 11) is 0. The van der Waals surface area contributed by atoms with Gasteiger partial charge in [0, 0.05) is 26.1 Å². The van der Waals surface area contributed by atoms with Crippen molar-refractivity contribution in [2.75, 3.05) is 18.4 Å². The maximum absolute atomic E-state index is 12.6. The van der Waals surface area contributed by atoms with E-state index in [0.717, 1.165) is 40.4 Å². The number of aromatic nitrogens is 2. The molecule has 6 nitrogen and oxygen atoms in total. The highest BCUT2D eigenvalue weighted by molar-refractivity contribution is 9.10. The van der Waals surface area contributed by atoms with Crippen LogP contribution in [0.25, 0.3) is 11.4 Å². The third kappa shape index (κ3) is 5.29. The van der Waals surface area contributed by atoms with E-state index in [-0.39, 0.29) is 11.8 Å². The zero-order chi connectivity index (χ0) is 21.1. The van der Waals surface area contributed by atoms with E-state index >= 15 is 0 Å². The average molecular weight is 555 g/mol. The second-order valence-electron chi connectivity index (χ2n) is 7.19. The summed E-state index contributed by atoms with van der Waals surface area (Å²) in [6.07, 6.45) is 1.56. The SMILES string of the molecule is O=C(Nc1ccc(Br)c(Cl)c1)C1CCN(Cc2nc(-c3cccc(Br)c3)no2)CC1. The summed E-state index contributed by atoms with van der Waals surface area (Å²) in [5.41, 5.74) is 1.62. The number of nitrogens with zero attached hydrogens (tertiary/aromatic N) is 3. The van der Waals surface area contributed by atoms with Gasteiger partial charge in [0.15, 0.2) is 0 Å². The molecule has 30 heavy (non-hydrogen) atoms. The molecule has 3 aromatic rings. The second-order valence-corrected chi connectivity index (χ2v) is 9.37. The lowest BCUT2D eigenvalue weighted by Crippen LogP contribution is -2.37. The van der Waals surface area contributed by atoms with Crippen LogP contribution in [0.2, 0.25) is 5.02 Å². The Hall–Kier alpha value is -1.74. The van der Waals surface area contributed by atoms with Gasteiger partial charge in [-0.1, -0.05) is 44.8 Å². The van der Waals surface area contributed by atoms with E-state index in [1.165, 1.54) is 0 Å². The number of nitrogens with one attached hydrogen (secondary N) is 1. The van der Waals surface area contributed by atoms with Gasteiger partial charge in [-0.25, -0.2) is 0 Å². The number of amides is 1. The molecule has 1 aromatic heterocycles. The van der Waals surface area contributed by atoms with Crippen LogP contribution in [0, 0.1) is 5.92 Å². The fourth-order valence-electron chi connectivity index (χ4n) is 3.43. The van der Waals surface area contributed by atoms with Crippen molar-refractivity contribution in [2.24, 2.45) is 5.92 Å². The molecule has 1 amide bonds. The van der Waals surface area contributed by atoms with Crippen LogP contribution in [-0.4, -0.2) is 34.0 Å². The summed E-state index contributed by atoms with van der Waals surface area (Å²) in [6, 6.07) is 13.2. The number of anilines is 1. The Kier molecular flexibility index (Phi) is 6.87. The fourth-order valence-corrected chi connectivity index (χ4v) is 4.25. The summed E-state index contributed by atoms with van der Waals surface area (Å²) >= 11 is 12.9. The van der Waals surface area contributed by atoms with Crippen LogP contribution in [0.3, 0.4) is 0 Å². The molecule has 1 saturated heterocycles. The largest absolute Gasteiger partial charge is 0.338 e. The zero-order valence-corrected chi connectivity index (χ0v) is 19.9. The van der Waals surface area contributed by atoms with Gasteiger partial charge in [0.2, 0.25) is 17.6 Å². The Morgan fingerprint density at radius 2 is 2.00 bits per heavy atom. The van der Waals surface area contributed by atoms with Crippen molar-refractivity contribution in [2.45, 2.75) is 19.4 Å². The molecule has 0 spiro atoms. The molecule has 4 rings (SSSR count). The molecule has 1 fully saturated rings. The number of halogens is 3. The van der Waals surface area contributed by atoms with Crippen LogP contribution in [-0.2, 0) is 11.3 Å². The van der Waals surface area contributed by atoms with E-state index in [0.29, 0.717) is 29.0 Å². The van der Waals surface area contributed by atoms with Crippen molar-refractivity contribution in [1.29, 1.82) is 0 Å². The predicted molar refractivity (Wildman–Crippen MR) is 123 cm³/mol. The number of carbonyl (C=O) groups excluding carboxylic acids is 1. The first kappa shape index (κ1) is 21.5. The van der Waals surface area contributed by atoms with Gasteiger partial charge in [-0.3, -0.25) is 9.69 Å². The Morgan fingerprint density at radius 3 is 2.73 bits per heavy atom. The molecular weight excluding hydrogens is 536 g/mol. The summed E-state index contributed by atoms with van der Waals surface area (Å²) in [5, 5.41) is 7.62. The van der Waals surface area contributed by atoms with Gasteiger partial charge in [0.25, 0.3) is 0 Å².